The molecule has 0 aliphatic heterocycles. The van der Waals surface area contributed by atoms with E-state index >= 15 is 0 Å². The molecule has 1 aromatic heterocycles. The van der Waals surface area contributed by atoms with Gasteiger partial charge in [-0.1, -0.05) is 19.3 Å². The molecule has 3 nitrogen and oxygen atoms in total. The van der Waals surface area contributed by atoms with Gasteiger partial charge in [0.2, 0.25) is 0 Å². The van der Waals surface area contributed by atoms with Gasteiger partial charge in [0.15, 0.2) is 0 Å². The smallest absolute Gasteiger partial charge is 0.0946 e. The average Bonchev–Trinajstić information content (AvgIpc) is 2.51. The van der Waals surface area contributed by atoms with Gasteiger partial charge in [0.05, 0.1) is 12.0 Å². The molecule has 1 heterocycles. The highest BCUT2D eigenvalue weighted by Crippen LogP contribution is 2.34. The minimum absolute atomic E-state index is 0.479. The Labute approximate surface area is 85.5 Å². The number of aromatic nitrogens is 2. The highest BCUT2D eigenvalue weighted by Gasteiger charge is 2.23. The van der Waals surface area contributed by atoms with Crippen LogP contribution in [0, 0.1) is 5.92 Å². The van der Waals surface area contributed by atoms with E-state index in [0.29, 0.717) is 6.04 Å². The molecule has 0 bridgehead atoms. The topological polar surface area (TPSA) is 29.9 Å². The Morgan fingerprint density at radius 2 is 2.43 bits per heavy atom. The van der Waals surface area contributed by atoms with Crippen LogP contribution in [-0.2, 0) is 7.05 Å². The van der Waals surface area contributed by atoms with Crippen LogP contribution in [0.2, 0.25) is 0 Å². The molecular formula is C11H19N3. The summed E-state index contributed by atoms with van der Waals surface area (Å²) in [7, 11) is 4.10. The number of imidazole rings is 1. The van der Waals surface area contributed by atoms with Gasteiger partial charge in [0.1, 0.15) is 0 Å². The van der Waals surface area contributed by atoms with Crippen molar-refractivity contribution >= 4 is 0 Å². The third-order valence-corrected chi connectivity index (χ3v) is 3.35. The molecule has 1 saturated carbocycles. The van der Waals surface area contributed by atoms with E-state index in [1.807, 2.05) is 19.6 Å². The molecule has 14 heavy (non-hydrogen) atoms. The Morgan fingerprint density at radius 1 is 1.64 bits per heavy atom. The van der Waals surface area contributed by atoms with E-state index in [1.54, 1.807) is 0 Å². The first kappa shape index (κ1) is 9.71. The van der Waals surface area contributed by atoms with Crippen molar-refractivity contribution in [3.05, 3.63) is 18.2 Å². The second-order valence-corrected chi connectivity index (χ2v) is 4.30. The molecule has 1 aliphatic carbocycles. The van der Waals surface area contributed by atoms with Crippen LogP contribution >= 0.6 is 0 Å². The number of rotatable bonds is 4. The van der Waals surface area contributed by atoms with Crippen molar-refractivity contribution in [2.75, 3.05) is 7.05 Å². The third kappa shape index (κ3) is 1.82. The summed E-state index contributed by atoms with van der Waals surface area (Å²) < 4.78 is 2.11. The second-order valence-electron chi connectivity index (χ2n) is 4.30. The van der Waals surface area contributed by atoms with Gasteiger partial charge in [0.25, 0.3) is 0 Å². The SMILES string of the molecule is CNC(CC1CCC1)c1cncn1C. The number of hydrogen-bond donors (Lipinski definition) is 1. The monoisotopic (exact) mass is 193 g/mol. The molecule has 0 aromatic carbocycles. The minimum Gasteiger partial charge on any atom is -0.336 e. The first-order valence-electron chi connectivity index (χ1n) is 5.44. The molecule has 2 rings (SSSR count). The third-order valence-electron chi connectivity index (χ3n) is 3.35. The van der Waals surface area contributed by atoms with Crippen LogP contribution in [0.4, 0.5) is 0 Å². The van der Waals surface area contributed by atoms with Gasteiger partial charge >= 0.3 is 0 Å². The molecule has 0 spiro atoms. The number of aryl methyl sites for hydroxylation is 1. The van der Waals surface area contributed by atoms with Crippen LogP contribution in [-0.4, -0.2) is 16.6 Å². The van der Waals surface area contributed by atoms with Crippen LogP contribution in [0.15, 0.2) is 12.5 Å². The molecule has 1 unspecified atom stereocenters. The first-order chi connectivity index (χ1) is 6.81. The van der Waals surface area contributed by atoms with Gasteiger partial charge < -0.3 is 9.88 Å². The Hall–Kier alpha value is -0.830. The molecule has 0 radical (unpaired) electrons. The van der Waals surface area contributed by atoms with Gasteiger partial charge in [-0.2, -0.15) is 0 Å². The fourth-order valence-corrected chi connectivity index (χ4v) is 2.15. The van der Waals surface area contributed by atoms with E-state index < -0.39 is 0 Å². The fourth-order valence-electron chi connectivity index (χ4n) is 2.15. The van der Waals surface area contributed by atoms with Crippen molar-refractivity contribution in [1.82, 2.24) is 14.9 Å². The first-order valence-corrected chi connectivity index (χ1v) is 5.44. The fraction of sp³-hybridized carbons (Fsp3) is 0.727. The average molecular weight is 193 g/mol. The Bertz CT molecular complexity index is 288. The van der Waals surface area contributed by atoms with E-state index in [1.165, 1.54) is 31.4 Å². The van der Waals surface area contributed by atoms with Crippen LogP contribution in [0.25, 0.3) is 0 Å². The van der Waals surface area contributed by atoms with Crippen molar-refractivity contribution in [2.45, 2.75) is 31.7 Å². The summed E-state index contributed by atoms with van der Waals surface area (Å²) in [5, 5.41) is 3.38. The highest BCUT2D eigenvalue weighted by molar-refractivity contribution is 5.05. The molecule has 1 aromatic rings. The maximum Gasteiger partial charge on any atom is 0.0946 e. The van der Waals surface area contributed by atoms with Crippen LogP contribution in [0.5, 0.6) is 0 Å². The van der Waals surface area contributed by atoms with E-state index in [4.69, 9.17) is 0 Å². The largest absolute Gasteiger partial charge is 0.336 e. The lowest BCUT2D eigenvalue weighted by Gasteiger charge is -2.29. The van der Waals surface area contributed by atoms with E-state index in [-0.39, 0.29) is 0 Å². The zero-order valence-electron chi connectivity index (χ0n) is 9.03. The molecule has 78 valence electrons. The summed E-state index contributed by atoms with van der Waals surface area (Å²) >= 11 is 0. The van der Waals surface area contributed by atoms with E-state index in [0.717, 1.165) is 5.92 Å². The number of hydrogen-bond acceptors (Lipinski definition) is 2. The zero-order valence-corrected chi connectivity index (χ0v) is 9.03. The maximum atomic E-state index is 4.16. The lowest BCUT2D eigenvalue weighted by atomic mass is 9.80. The molecule has 1 atom stereocenters. The van der Waals surface area contributed by atoms with E-state index in [2.05, 4.69) is 21.9 Å². The van der Waals surface area contributed by atoms with Gasteiger partial charge in [-0.05, 0) is 19.4 Å². The van der Waals surface area contributed by atoms with Crippen LogP contribution < -0.4 is 5.32 Å². The van der Waals surface area contributed by atoms with Crippen LogP contribution in [0.3, 0.4) is 0 Å². The molecule has 1 aliphatic rings. The van der Waals surface area contributed by atoms with Gasteiger partial charge in [-0.15, -0.1) is 0 Å². The molecule has 0 saturated heterocycles. The van der Waals surface area contributed by atoms with Crippen molar-refractivity contribution in [3.8, 4) is 0 Å². The van der Waals surface area contributed by atoms with Crippen molar-refractivity contribution in [1.29, 1.82) is 0 Å². The lowest BCUT2D eigenvalue weighted by Crippen LogP contribution is -2.24. The lowest BCUT2D eigenvalue weighted by molar-refractivity contribution is 0.262. The summed E-state index contributed by atoms with van der Waals surface area (Å²) in [4.78, 5) is 4.16. The van der Waals surface area contributed by atoms with Gasteiger partial charge in [-0.25, -0.2) is 4.98 Å². The molecular weight excluding hydrogens is 174 g/mol. The summed E-state index contributed by atoms with van der Waals surface area (Å²) in [5.41, 5.74) is 1.31. The Kier molecular flexibility index (Phi) is 2.87. The summed E-state index contributed by atoms with van der Waals surface area (Å²) in [6.07, 6.45) is 9.36. The quantitative estimate of drug-likeness (QED) is 0.791. The van der Waals surface area contributed by atoms with Gasteiger partial charge in [-0.3, -0.25) is 0 Å². The predicted octanol–water partition coefficient (Wildman–Crippen LogP) is 1.87. The second kappa shape index (κ2) is 4.13. The standard InChI is InChI=1S/C11H19N3/c1-12-10(6-9-4-3-5-9)11-7-13-8-14(11)2/h7-10,12H,3-6H2,1-2H3. The number of nitrogens with one attached hydrogen (secondary N) is 1. The summed E-state index contributed by atoms with van der Waals surface area (Å²) in [6, 6.07) is 0.479. The molecule has 0 amide bonds. The molecule has 3 heteroatoms. The number of nitrogens with zero attached hydrogens (tertiary/aromatic N) is 2. The predicted molar refractivity (Wildman–Crippen MR) is 57.0 cm³/mol. The van der Waals surface area contributed by atoms with Crippen LogP contribution in [0.1, 0.15) is 37.4 Å². The van der Waals surface area contributed by atoms with E-state index in [9.17, 15) is 0 Å². The van der Waals surface area contributed by atoms with Crippen molar-refractivity contribution < 1.29 is 0 Å². The highest BCUT2D eigenvalue weighted by atomic mass is 15.1. The molecule has 1 fully saturated rings. The normalized spacial score (nSPS) is 19.3. The van der Waals surface area contributed by atoms with Crippen molar-refractivity contribution in [2.24, 2.45) is 13.0 Å². The van der Waals surface area contributed by atoms with Gasteiger partial charge in [0, 0.05) is 19.3 Å². The Morgan fingerprint density at radius 3 is 2.86 bits per heavy atom. The molecule has 1 N–H and O–H groups in total. The zero-order chi connectivity index (χ0) is 9.97. The summed E-state index contributed by atoms with van der Waals surface area (Å²) in [6.45, 7) is 0. The Balaban J connectivity index is 2.01. The maximum absolute atomic E-state index is 4.16. The summed E-state index contributed by atoms with van der Waals surface area (Å²) in [5.74, 6) is 0.933. The minimum atomic E-state index is 0.479. The van der Waals surface area contributed by atoms with Crippen molar-refractivity contribution in [3.63, 3.8) is 0 Å².